The van der Waals surface area contributed by atoms with Crippen LogP contribution in [0.3, 0.4) is 0 Å². The van der Waals surface area contributed by atoms with Crippen molar-refractivity contribution in [3.8, 4) is 0 Å². The molecular formula is C14H25N3. The highest BCUT2D eigenvalue weighted by Gasteiger charge is 2.20. The highest BCUT2D eigenvalue weighted by atomic mass is 15.1. The van der Waals surface area contributed by atoms with Gasteiger partial charge in [0.2, 0.25) is 0 Å². The average molecular weight is 235 g/mol. The van der Waals surface area contributed by atoms with E-state index >= 15 is 0 Å². The maximum atomic E-state index is 6.30. The molecule has 2 N–H and O–H groups in total. The van der Waals surface area contributed by atoms with Crippen molar-refractivity contribution in [3.63, 3.8) is 0 Å². The van der Waals surface area contributed by atoms with E-state index in [2.05, 4.69) is 42.8 Å². The third-order valence-electron chi connectivity index (χ3n) is 3.01. The molecule has 1 heterocycles. The van der Waals surface area contributed by atoms with Crippen LogP contribution in [0.5, 0.6) is 0 Å². The number of rotatable bonds is 7. The first-order valence-corrected chi connectivity index (χ1v) is 6.47. The first-order valence-electron chi connectivity index (χ1n) is 6.47. The third-order valence-corrected chi connectivity index (χ3v) is 3.01. The normalized spacial score (nSPS) is 14.9. The van der Waals surface area contributed by atoms with E-state index in [4.69, 9.17) is 5.73 Å². The Morgan fingerprint density at radius 2 is 1.94 bits per heavy atom. The van der Waals surface area contributed by atoms with E-state index < -0.39 is 0 Å². The highest BCUT2D eigenvalue weighted by molar-refractivity contribution is 5.09. The van der Waals surface area contributed by atoms with Crippen LogP contribution in [0.4, 0.5) is 0 Å². The van der Waals surface area contributed by atoms with Gasteiger partial charge in [0.25, 0.3) is 0 Å². The number of aromatic nitrogens is 1. The predicted octanol–water partition coefficient (Wildman–Crippen LogP) is 2.42. The number of hydrogen-bond donors (Lipinski definition) is 1. The molecule has 3 nitrogen and oxygen atoms in total. The van der Waals surface area contributed by atoms with E-state index in [-0.39, 0.29) is 5.54 Å². The second-order valence-electron chi connectivity index (χ2n) is 5.06. The SMILES string of the molecule is CCCC(C)(N)CN(CC)Cc1ccncc1. The standard InChI is InChI=1S/C14H25N3/c1-4-8-14(3,15)12-17(5-2)11-13-6-9-16-10-7-13/h6-7,9-10H,4-5,8,11-12,15H2,1-3H3. The summed E-state index contributed by atoms with van der Waals surface area (Å²) in [6, 6.07) is 4.13. The van der Waals surface area contributed by atoms with Crippen LogP contribution < -0.4 is 5.73 Å². The molecule has 3 heteroatoms. The molecule has 0 bridgehead atoms. The number of pyridine rings is 1. The van der Waals surface area contributed by atoms with Crippen molar-refractivity contribution >= 4 is 0 Å². The number of nitrogens with two attached hydrogens (primary N) is 1. The molecular weight excluding hydrogens is 210 g/mol. The van der Waals surface area contributed by atoms with Gasteiger partial charge < -0.3 is 5.73 Å². The van der Waals surface area contributed by atoms with Gasteiger partial charge in [-0.05, 0) is 37.6 Å². The molecule has 0 saturated heterocycles. The number of hydrogen-bond acceptors (Lipinski definition) is 3. The summed E-state index contributed by atoms with van der Waals surface area (Å²) in [7, 11) is 0. The van der Waals surface area contributed by atoms with Gasteiger partial charge in [0, 0.05) is 31.0 Å². The molecule has 0 aromatic carbocycles. The van der Waals surface area contributed by atoms with E-state index in [0.717, 1.165) is 32.5 Å². The Kier molecular flexibility index (Phi) is 5.59. The Balaban J connectivity index is 2.55. The molecule has 1 aromatic heterocycles. The summed E-state index contributed by atoms with van der Waals surface area (Å²) in [5, 5.41) is 0. The maximum Gasteiger partial charge on any atom is 0.0271 e. The third kappa shape index (κ3) is 5.29. The summed E-state index contributed by atoms with van der Waals surface area (Å²) in [6.07, 6.45) is 5.90. The zero-order valence-corrected chi connectivity index (χ0v) is 11.3. The summed E-state index contributed by atoms with van der Waals surface area (Å²) < 4.78 is 0. The molecule has 0 aliphatic carbocycles. The van der Waals surface area contributed by atoms with E-state index in [1.165, 1.54) is 5.56 Å². The first kappa shape index (κ1) is 14.1. The van der Waals surface area contributed by atoms with Crippen LogP contribution in [0.15, 0.2) is 24.5 Å². The summed E-state index contributed by atoms with van der Waals surface area (Å²) in [4.78, 5) is 6.43. The van der Waals surface area contributed by atoms with Crippen molar-refractivity contribution < 1.29 is 0 Å². The lowest BCUT2D eigenvalue weighted by Crippen LogP contribution is -2.47. The fourth-order valence-electron chi connectivity index (χ4n) is 2.19. The molecule has 0 spiro atoms. The average Bonchev–Trinajstić information content (AvgIpc) is 2.29. The molecule has 1 aromatic rings. The van der Waals surface area contributed by atoms with Crippen LogP contribution in [0.25, 0.3) is 0 Å². The van der Waals surface area contributed by atoms with Gasteiger partial charge in [-0.25, -0.2) is 0 Å². The fourth-order valence-corrected chi connectivity index (χ4v) is 2.19. The number of likely N-dealkylation sites (N-methyl/N-ethyl adjacent to an activating group) is 1. The minimum atomic E-state index is -0.0855. The Labute approximate surface area is 105 Å². The van der Waals surface area contributed by atoms with Crippen molar-refractivity contribution in [2.45, 2.75) is 45.7 Å². The zero-order chi connectivity index (χ0) is 12.7. The van der Waals surface area contributed by atoms with Crippen molar-refractivity contribution in [2.75, 3.05) is 13.1 Å². The van der Waals surface area contributed by atoms with E-state index in [0.29, 0.717) is 0 Å². The van der Waals surface area contributed by atoms with E-state index in [1.807, 2.05) is 12.4 Å². The Morgan fingerprint density at radius 3 is 2.47 bits per heavy atom. The second kappa shape index (κ2) is 6.72. The van der Waals surface area contributed by atoms with Gasteiger partial charge in [-0.1, -0.05) is 20.3 Å². The van der Waals surface area contributed by atoms with Gasteiger partial charge in [0.15, 0.2) is 0 Å². The molecule has 1 unspecified atom stereocenters. The van der Waals surface area contributed by atoms with E-state index in [9.17, 15) is 0 Å². The van der Waals surface area contributed by atoms with Gasteiger partial charge in [-0.2, -0.15) is 0 Å². The summed E-state index contributed by atoms with van der Waals surface area (Å²) >= 11 is 0. The quantitative estimate of drug-likeness (QED) is 0.789. The van der Waals surface area contributed by atoms with Crippen LogP contribution in [0, 0.1) is 0 Å². The minimum Gasteiger partial charge on any atom is -0.324 e. The van der Waals surface area contributed by atoms with Crippen LogP contribution in [-0.4, -0.2) is 28.5 Å². The lowest BCUT2D eigenvalue weighted by atomic mass is 9.96. The number of nitrogens with zero attached hydrogens (tertiary/aromatic N) is 2. The van der Waals surface area contributed by atoms with Crippen molar-refractivity contribution in [1.82, 2.24) is 9.88 Å². The summed E-state index contributed by atoms with van der Waals surface area (Å²) in [6.45, 7) is 9.44. The molecule has 0 radical (unpaired) electrons. The zero-order valence-electron chi connectivity index (χ0n) is 11.3. The lowest BCUT2D eigenvalue weighted by Gasteiger charge is -2.31. The minimum absolute atomic E-state index is 0.0855. The topological polar surface area (TPSA) is 42.1 Å². The first-order chi connectivity index (χ1) is 8.07. The molecule has 96 valence electrons. The van der Waals surface area contributed by atoms with Crippen molar-refractivity contribution in [3.05, 3.63) is 30.1 Å². The molecule has 0 aliphatic rings. The largest absolute Gasteiger partial charge is 0.324 e. The van der Waals surface area contributed by atoms with Gasteiger partial charge in [0.1, 0.15) is 0 Å². The smallest absolute Gasteiger partial charge is 0.0271 e. The molecule has 1 atom stereocenters. The van der Waals surface area contributed by atoms with Gasteiger partial charge in [0.05, 0.1) is 0 Å². The Morgan fingerprint density at radius 1 is 1.29 bits per heavy atom. The molecule has 0 fully saturated rings. The predicted molar refractivity (Wildman–Crippen MR) is 72.7 cm³/mol. The lowest BCUT2D eigenvalue weighted by molar-refractivity contribution is 0.210. The Bertz CT molecular complexity index is 309. The summed E-state index contributed by atoms with van der Waals surface area (Å²) in [5.41, 5.74) is 7.52. The van der Waals surface area contributed by atoms with Crippen LogP contribution in [0.2, 0.25) is 0 Å². The fraction of sp³-hybridized carbons (Fsp3) is 0.643. The van der Waals surface area contributed by atoms with Gasteiger partial charge in [-0.15, -0.1) is 0 Å². The van der Waals surface area contributed by atoms with E-state index in [1.54, 1.807) is 0 Å². The molecule has 0 aliphatic heterocycles. The molecule has 1 rings (SSSR count). The van der Waals surface area contributed by atoms with Crippen LogP contribution in [0.1, 0.15) is 39.2 Å². The molecule has 17 heavy (non-hydrogen) atoms. The van der Waals surface area contributed by atoms with Gasteiger partial charge >= 0.3 is 0 Å². The Hall–Kier alpha value is -0.930. The molecule has 0 amide bonds. The van der Waals surface area contributed by atoms with Crippen molar-refractivity contribution in [2.24, 2.45) is 5.73 Å². The van der Waals surface area contributed by atoms with Crippen LogP contribution >= 0.6 is 0 Å². The molecule has 0 saturated carbocycles. The highest BCUT2D eigenvalue weighted by Crippen LogP contribution is 2.13. The summed E-state index contributed by atoms with van der Waals surface area (Å²) in [5.74, 6) is 0. The van der Waals surface area contributed by atoms with Gasteiger partial charge in [-0.3, -0.25) is 9.88 Å². The second-order valence-corrected chi connectivity index (χ2v) is 5.06. The maximum absolute atomic E-state index is 6.30. The van der Waals surface area contributed by atoms with Crippen molar-refractivity contribution in [1.29, 1.82) is 0 Å². The van der Waals surface area contributed by atoms with Crippen LogP contribution in [-0.2, 0) is 6.54 Å². The monoisotopic (exact) mass is 235 g/mol.